The maximum absolute atomic E-state index is 6.04. The van der Waals surface area contributed by atoms with E-state index in [9.17, 15) is 0 Å². The molecule has 3 rings (SSSR count). The summed E-state index contributed by atoms with van der Waals surface area (Å²) in [6, 6.07) is 0. The zero-order valence-electron chi connectivity index (χ0n) is 11.1. The average molecular weight is 273 g/mol. The Morgan fingerprint density at radius 3 is 2.74 bits per heavy atom. The van der Waals surface area contributed by atoms with Gasteiger partial charge >= 0.3 is 0 Å². The highest BCUT2D eigenvalue weighted by atomic mass is 32.1. The van der Waals surface area contributed by atoms with E-state index in [1.165, 1.54) is 10.6 Å². The third-order valence-electron chi connectivity index (χ3n) is 3.41. The molecule has 0 spiro atoms. The highest BCUT2D eigenvalue weighted by molar-refractivity contribution is 7.09. The fraction of sp³-hybridized carbons (Fsp3) is 0.308. The second-order valence-electron chi connectivity index (χ2n) is 4.62. The molecule has 0 saturated heterocycles. The predicted octanol–water partition coefficient (Wildman–Crippen LogP) is 2.44. The number of aryl methyl sites for hydroxylation is 2. The first kappa shape index (κ1) is 12.1. The van der Waals surface area contributed by atoms with Crippen molar-refractivity contribution < 1.29 is 0 Å². The van der Waals surface area contributed by atoms with Gasteiger partial charge in [0.2, 0.25) is 0 Å². The Kier molecular flexibility index (Phi) is 2.74. The molecular weight excluding hydrogens is 258 g/mol. The van der Waals surface area contributed by atoms with Crippen LogP contribution in [0.15, 0.2) is 11.7 Å². The van der Waals surface area contributed by atoms with Gasteiger partial charge in [0.25, 0.3) is 0 Å². The molecule has 0 amide bonds. The molecule has 3 aromatic rings. The maximum Gasteiger partial charge on any atom is 0.146 e. The number of nitrogens with two attached hydrogens (primary N) is 1. The molecule has 3 aromatic heterocycles. The van der Waals surface area contributed by atoms with Crippen LogP contribution in [-0.4, -0.2) is 19.5 Å². The third kappa shape index (κ3) is 1.88. The molecule has 0 unspecified atom stereocenters. The number of thiazole rings is 1. The summed E-state index contributed by atoms with van der Waals surface area (Å²) in [5.41, 5.74) is 11.1. The van der Waals surface area contributed by atoms with Crippen LogP contribution in [0.1, 0.15) is 22.0 Å². The Labute approximate surface area is 115 Å². The van der Waals surface area contributed by atoms with Crippen molar-refractivity contribution in [2.24, 2.45) is 0 Å². The molecule has 0 saturated carbocycles. The minimum Gasteiger partial charge on any atom is -0.383 e. The standard InChI is InChI=1S/C13H15N5S/c1-7-8(2)18(5-10-4-15-6-19-10)13-11(7)12(14)16-9(3)17-13/h4,6H,5H2,1-3H3,(H2,14,16,17). The van der Waals surface area contributed by atoms with Crippen LogP contribution in [0.2, 0.25) is 0 Å². The second kappa shape index (κ2) is 4.31. The first-order valence-corrected chi connectivity index (χ1v) is 6.92. The van der Waals surface area contributed by atoms with E-state index in [2.05, 4.69) is 33.4 Å². The Bertz CT molecular complexity index is 742. The lowest BCUT2D eigenvalue weighted by molar-refractivity contribution is 0.797. The Hall–Kier alpha value is -1.95. The van der Waals surface area contributed by atoms with Crippen molar-refractivity contribution in [2.45, 2.75) is 27.3 Å². The minimum atomic E-state index is 0.561. The largest absolute Gasteiger partial charge is 0.383 e. The Balaban J connectivity index is 2.26. The first-order chi connectivity index (χ1) is 9.08. The number of anilines is 1. The summed E-state index contributed by atoms with van der Waals surface area (Å²) in [6.07, 6.45) is 1.89. The Morgan fingerprint density at radius 2 is 2.05 bits per heavy atom. The van der Waals surface area contributed by atoms with Gasteiger partial charge in [-0.15, -0.1) is 11.3 Å². The molecule has 3 heterocycles. The number of nitrogens with zero attached hydrogens (tertiary/aromatic N) is 4. The van der Waals surface area contributed by atoms with E-state index in [-0.39, 0.29) is 0 Å². The van der Waals surface area contributed by atoms with Gasteiger partial charge in [0.15, 0.2) is 0 Å². The van der Waals surface area contributed by atoms with Gasteiger partial charge in [0, 0.05) is 16.8 Å². The zero-order chi connectivity index (χ0) is 13.6. The molecule has 0 aromatic carbocycles. The number of rotatable bonds is 2. The number of aromatic nitrogens is 4. The smallest absolute Gasteiger partial charge is 0.146 e. The molecule has 0 aliphatic rings. The SMILES string of the molecule is Cc1nc(N)c2c(C)c(C)n(Cc3cncs3)c2n1. The molecule has 0 aliphatic heterocycles. The fourth-order valence-corrected chi connectivity index (χ4v) is 2.93. The topological polar surface area (TPSA) is 69.6 Å². The van der Waals surface area contributed by atoms with Crippen molar-refractivity contribution in [2.75, 3.05) is 5.73 Å². The van der Waals surface area contributed by atoms with Gasteiger partial charge in [-0.25, -0.2) is 9.97 Å². The summed E-state index contributed by atoms with van der Waals surface area (Å²) < 4.78 is 2.18. The summed E-state index contributed by atoms with van der Waals surface area (Å²) in [4.78, 5) is 14.1. The van der Waals surface area contributed by atoms with Crippen LogP contribution in [0.3, 0.4) is 0 Å². The van der Waals surface area contributed by atoms with Crippen LogP contribution in [-0.2, 0) is 6.54 Å². The number of nitrogen functional groups attached to an aromatic ring is 1. The molecule has 0 radical (unpaired) electrons. The molecule has 19 heavy (non-hydrogen) atoms. The van der Waals surface area contributed by atoms with Gasteiger partial charge in [-0.1, -0.05) is 0 Å². The summed E-state index contributed by atoms with van der Waals surface area (Å²) in [5.74, 6) is 1.26. The monoisotopic (exact) mass is 273 g/mol. The highest BCUT2D eigenvalue weighted by Crippen LogP contribution is 2.28. The van der Waals surface area contributed by atoms with Crippen LogP contribution in [0, 0.1) is 20.8 Å². The van der Waals surface area contributed by atoms with Crippen LogP contribution in [0.25, 0.3) is 11.0 Å². The molecular formula is C13H15N5S. The van der Waals surface area contributed by atoms with Gasteiger partial charge in [-0.05, 0) is 26.3 Å². The van der Waals surface area contributed by atoms with E-state index in [0.29, 0.717) is 11.6 Å². The second-order valence-corrected chi connectivity index (χ2v) is 5.59. The lowest BCUT2D eigenvalue weighted by Gasteiger charge is -2.06. The molecule has 2 N–H and O–H groups in total. The van der Waals surface area contributed by atoms with Crippen molar-refractivity contribution in [3.63, 3.8) is 0 Å². The zero-order valence-corrected chi connectivity index (χ0v) is 12.0. The molecule has 98 valence electrons. The summed E-state index contributed by atoms with van der Waals surface area (Å²) >= 11 is 1.65. The van der Waals surface area contributed by atoms with Crippen molar-refractivity contribution in [1.82, 2.24) is 19.5 Å². The number of hydrogen-bond acceptors (Lipinski definition) is 5. The predicted molar refractivity (Wildman–Crippen MR) is 77.4 cm³/mol. The normalized spacial score (nSPS) is 11.3. The lowest BCUT2D eigenvalue weighted by Crippen LogP contribution is -2.03. The molecule has 5 nitrogen and oxygen atoms in total. The number of fused-ring (bicyclic) bond motifs is 1. The van der Waals surface area contributed by atoms with Crippen molar-refractivity contribution >= 4 is 28.2 Å². The van der Waals surface area contributed by atoms with Crippen LogP contribution >= 0.6 is 11.3 Å². The van der Waals surface area contributed by atoms with E-state index >= 15 is 0 Å². The molecule has 6 heteroatoms. The fourth-order valence-electron chi connectivity index (χ4n) is 2.35. The molecule has 0 bridgehead atoms. The maximum atomic E-state index is 6.04. The summed E-state index contributed by atoms with van der Waals surface area (Å²) in [6.45, 7) is 6.80. The van der Waals surface area contributed by atoms with Crippen molar-refractivity contribution in [1.29, 1.82) is 0 Å². The van der Waals surface area contributed by atoms with Crippen LogP contribution < -0.4 is 5.73 Å². The molecule has 0 fully saturated rings. The van der Waals surface area contributed by atoms with E-state index < -0.39 is 0 Å². The quantitative estimate of drug-likeness (QED) is 0.778. The van der Waals surface area contributed by atoms with Gasteiger partial charge < -0.3 is 10.3 Å². The summed E-state index contributed by atoms with van der Waals surface area (Å²) in [5, 5.41) is 0.965. The van der Waals surface area contributed by atoms with E-state index in [1.54, 1.807) is 11.3 Å². The van der Waals surface area contributed by atoms with Gasteiger partial charge in [0.05, 0.1) is 17.4 Å². The molecule has 0 atom stereocenters. The minimum absolute atomic E-state index is 0.561. The van der Waals surface area contributed by atoms with Crippen molar-refractivity contribution in [3.8, 4) is 0 Å². The van der Waals surface area contributed by atoms with Gasteiger partial charge in [0.1, 0.15) is 17.3 Å². The number of hydrogen-bond donors (Lipinski definition) is 1. The van der Waals surface area contributed by atoms with E-state index in [0.717, 1.165) is 23.1 Å². The lowest BCUT2D eigenvalue weighted by atomic mass is 10.2. The van der Waals surface area contributed by atoms with Crippen LogP contribution in [0.5, 0.6) is 0 Å². The van der Waals surface area contributed by atoms with Gasteiger partial charge in [-0.3, -0.25) is 4.98 Å². The summed E-state index contributed by atoms with van der Waals surface area (Å²) in [7, 11) is 0. The molecule has 0 aliphatic carbocycles. The average Bonchev–Trinajstić information content (AvgIpc) is 2.93. The van der Waals surface area contributed by atoms with E-state index in [1.807, 2.05) is 18.6 Å². The highest BCUT2D eigenvalue weighted by Gasteiger charge is 2.16. The van der Waals surface area contributed by atoms with Gasteiger partial charge in [-0.2, -0.15) is 0 Å². The van der Waals surface area contributed by atoms with E-state index in [4.69, 9.17) is 5.73 Å². The Morgan fingerprint density at radius 1 is 1.26 bits per heavy atom. The third-order valence-corrected chi connectivity index (χ3v) is 4.17. The first-order valence-electron chi connectivity index (χ1n) is 6.04. The van der Waals surface area contributed by atoms with Crippen molar-refractivity contribution in [3.05, 3.63) is 33.7 Å². The van der Waals surface area contributed by atoms with Crippen LogP contribution in [0.4, 0.5) is 5.82 Å².